The number of nitrogens with zero attached hydrogens (tertiary/aromatic N) is 4. The summed E-state index contributed by atoms with van der Waals surface area (Å²) in [6.45, 7) is 8.77. The molecule has 3 aliphatic rings. The van der Waals surface area contributed by atoms with Gasteiger partial charge in [-0.1, -0.05) is 60.7 Å². The third kappa shape index (κ3) is 5.05. The molecule has 1 aliphatic heterocycles. The standard InChI is InChI=1S/C52H42N4/c1-31-9-11-35(21-33(31)3)37-15-17-49-45(23-37)47-25-39-13-14-40-26-48-46-24-38(36-12-10-32(2)34(4)22-36)16-18-50(46)56(42-8-6-20-54-30-42)52(48)28-44(40)43(39)27-51(47)55(49)41-7-5-19-53-29-41/h5-12,15-30,47,51H,13-14H2,1-4H3. The van der Waals surface area contributed by atoms with Crippen LogP contribution < -0.4 is 4.90 Å². The molecule has 0 saturated heterocycles. The second-order valence-corrected chi connectivity index (χ2v) is 16.0. The Morgan fingerprint density at radius 1 is 0.554 bits per heavy atom. The van der Waals surface area contributed by atoms with E-state index in [1.54, 1.807) is 0 Å². The number of aryl methyl sites for hydroxylation is 5. The summed E-state index contributed by atoms with van der Waals surface area (Å²) in [5.74, 6) is 0.242. The zero-order chi connectivity index (χ0) is 37.7. The van der Waals surface area contributed by atoms with Gasteiger partial charge in [0, 0.05) is 34.8 Å². The number of rotatable bonds is 4. The summed E-state index contributed by atoms with van der Waals surface area (Å²) in [6, 6.07) is 41.3. The minimum absolute atomic E-state index is 0.134. The topological polar surface area (TPSA) is 34.0 Å². The van der Waals surface area contributed by atoms with E-state index in [0.29, 0.717) is 0 Å². The number of aromatic nitrogens is 3. The third-order valence-corrected chi connectivity index (χ3v) is 12.8. The molecule has 4 heterocycles. The highest BCUT2D eigenvalue weighted by molar-refractivity contribution is 6.12. The van der Waals surface area contributed by atoms with Crippen molar-refractivity contribution in [1.29, 1.82) is 0 Å². The van der Waals surface area contributed by atoms with Gasteiger partial charge >= 0.3 is 0 Å². The van der Waals surface area contributed by atoms with Crippen LogP contribution in [0.15, 0.2) is 152 Å². The number of fused-ring (bicyclic) bond motifs is 9. The van der Waals surface area contributed by atoms with Gasteiger partial charge in [0.25, 0.3) is 0 Å². The summed E-state index contributed by atoms with van der Waals surface area (Å²) in [4.78, 5) is 11.7. The van der Waals surface area contributed by atoms with Crippen molar-refractivity contribution in [3.8, 4) is 27.9 Å². The first-order valence-electron chi connectivity index (χ1n) is 19.8. The molecule has 270 valence electrons. The first-order valence-corrected chi connectivity index (χ1v) is 19.8. The minimum atomic E-state index is 0.134. The van der Waals surface area contributed by atoms with Crippen LogP contribution in [0.1, 0.15) is 51.3 Å². The van der Waals surface area contributed by atoms with Crippen molar-refractivity contribution in [2.24, 2.45) is 0 Å². The zero-order valence-corrected chi connectivity index (χ0v) is 32.2. The molecule has 5 aromatic carbocycles. The van der Waals surface area contributed by atoms with Gasteiger partial charge in [0.05, 0.1) is 40.8 Å². The van der Waals surface area contributed by atoms with E-state index in [4.69, 9.17) is 0 Å². The van der Waals surface area contributed by atoms with E-state index >= 15 is 0 Å². The fraction of sp³-hybridized carbons (Fsp3) is 0.154. The molecule has 3 aromatic heterocycles. The summed E-state index contributed by atoms with van der Waals surface area (Å²) in [5, 5.41) is 2.56. The fourth-order valence-corrected chi connectivity index (χ4v) is 9.59. The maximum atomic E-state index is 4.58. The molecule has 0 fully saturated rings. The molecule has 0 saturated carbocycles. The Bertz CT molecular complexity index is 2970. The van der Waals surface area contributed by atoms with Crippen molar-refractivity contribution in [1.82, 2.24) is 14.5 Å². The monoisotopic (exact) mass is 722 g/mol. The molecule has 0 N–H and O–H groups in total. The molecule has 2 unspecified atom stereocenters. The number of pyridine rings is 2. The molecule has 0 amide bonds. The van der Waals surface area contributed by atoms with Gasteiger partial charge in [-0.25, -0.2) is 0 Å². The molecular weight excluding hydrogens is 681 g/mol. The van der Waals surface area contributed by atoms with Crippen LogP contribution in [0, 0.1) is 27.7 Å². The van der Waals surface area contributed by atoms with E-state index in [0.717, 1.165) is 24.2 Å². The molecule has 0 bridgehead atoms. The van der Waals surface area contributed by atoms with Gasteiger partial charge in [-0.2, -0.15) is 0 Å². The van der Waals surface area contributed by atoms with Crippen molar-refractivity contribution in [3.63, 3.8) is 0 Å². The molecule has 8 aromatic rings. The lowest BCUT2D eigenvalue weighted by atomic mass is 9.75. The molecule has 4 nitrogen and oxygen atoms in total. The summed E-state index contributed by atoms with van der Waals surface area (Å²) >= 11 is 0. The third-order valence-electron chi connectivity index (χ3n) is 12.8. The Balaban J connectivity index is 1.08. The Labute approximate surface area is 328 Å². The van der Waals surface area contributed by atoms with E-state index < -0.39 is 0 Å². The van der Waals surface area contributed by atoms with E-state index in [1.165, 1.54) is 99.8 Å². The Kier molecular flexibility index (Phi) is 7.34. The fourth-order valence-electron chi connectivity index (χ4n) is 9.59. The highest BCUT2D eigenvalue weighted by atomic mass is 15.2. The van der Waals surface area contributed by atoms with Gasteiger partial charge in [-0.05, 0) is 174 Å². The van der Waals surface area contributed by atoms with Crippen molar-refractivity contribution in [2.75, 3.05) is 4.90 Å². The van der Waals surface area contributed by atoms with Gasteiger partial charge < -0.3 is 9.47 Å². The number of benzene rings is 5. The molecule has 4 heteroatoms. The Hall–Kier alpha value is -6.52. The number of hydrogen-bond donors (Lipinski definition) is 0. The zero-order valence-electron chi connectivity index (χ0n) is 32.2. The van der Waals surface area contributed by atoms with Crippen LogP contribution in [0.2, 0.25) is 0 Å². The predicted molar refractivity (Wildman–Crippen MR) is 232 cm³/mol. The lowest BCUT2D eigenvalue weighted by Crippen LogP contribution is -2.30. The average molecular weight is 723 g/mol. The summed E-state index contributed by atoms with van der Waals surface area (Å²) in [7, 11) is 0. The Morgan fingerprint density at radius 3 is 1.89 bits per heavy atom. The second kappa shape index (κ2) is 12.5. The van der Waals surface area contributed by atoms with Crippen LogP contribution in [-0.2, 0) is 6.42 Å². The maximum Gasteiger partial charge on any atom is 0.0645 e. The van der Waals surface area contributed by atoms with Crippen LogP contribution in [0.3, 0.4) is 0 Å². The largest absolute Gasteiger partial charge is 0.332 e. The van der Waals surface area contributed by atoms with Crippen molar-refractivity contribution >= 4 is 38.8 Å². The van der Waals surface area contributed by atoms with E-state index in [2.05, 4.69) is 162 Å². The smallest absolute Gasteiger partial charge is 0.0645 e. The lowest BCUT2D eigenvalue weighted by Gasteiger charge is -2.34. The minimum Gasteiger partial charge on any atom is -0.332 e. The van der Waals surface area contributed by atoms with E-state index in [-0.39, 0.29) is 12.0 Å². The van der Waals surface area contributed by atoms with E-state index in [1.807, 2.05) is 30.9 Å². The van der Waals surface area contributed by atoms with E-state index in [9.17, 15) is 0 Å². The maximum absolute atomic E-state index is 4.58. The van der Waals surface area contributed by atoms with Crippen LogP contribution in [0.5, 0.6) is 0 Å². The lowest BCUT2D eigenvalue weighted by molar-refractivity contribution is 0.730. The van der Waals surface area contributed by atoms with Crippen molar-refractivity contribution < 1.29 is 0 Å². The highest BCUT2D eigenvalue weighted by Crippen LogP contribution is 2.53. The number of anilines is 2. The second-order valence-electron chi connectivity index (χ2n) is 16.0. The first kappa shape index (κ1) is 32.9. The molecule has 2 atom stereocenters. The number of hydrogen-bond acceptors (Lipinski definition) is 3. The quantitative estimate of drug-likeness (QED) is 0.181. The van der Waals surface area contributed by atoms with Crippen LogP contribution >= 0.6 is 0 Å². The Morgan fingerprint density at radius 2 is 1.20 bits per heavy atom. The van der Waals surface area contributed by atoms with Gasteiger partial charge in [0.15, 0.2) is 0 Å². The number of allylic oxidation sites excluding steroid dienone is 2. The molecular formula is C52H42N4. The van der Waals surface area contributed by atoms with Crippen molar-refractivity contribution in [3.05, 3.63) is 191 Å². The predicted octanol–water partition coefficient (Wildman–Crippen LogP) is 12.7. The van der Waals surface area contributed by atoms with Gasteiger partial charge in [0.1, 0.15) is 0 Å². The molecule has 11 rings (SSSR count). The van der Waals surface area contributed by atoms with Gasteiger partial charge in [0.2, 0.25) is 0 Å². The summed E-state index contributed by atoms with van der Waals surface area (Å²) < 4.78 is 2.41. The SMILES string of the molecule is Cc1ccc(-c2ccc3c(c2)C2C=C4CCc5cc6c7cc(-c8ccc(C)c(C)c8)ccc7n(-c7cccnc7)c6cc5C4=CC2N3c2cccnc2)cc1C. The average Bonchev–Trinajstić information content (AvgIpc) is 3.72. The van der Waals surface area contributed by atoms with Crippen LogP contribution in [-0.4, -0.2) is 20.6 Å². The highest BCUT2D eigenvalue weighted by Gasteiger charge is 2.41. The van der Waals surface area contributed by atoms with Gasteiger partial charge in [-0.3, -0.25) is 9.97 Å². The van der Waals surface area contributed by atoms with Crippen LogP contribution in [0.4, 0.5) is 11.4 Å². The summed E-state index contributed by atoms with van der Waals surface area (Å²) in [6.07, 6.45) is 14.9. The van der Waals surface area contributed by atoms with Crippen molar-refractivity contribution in [2.45, 2.75) is 52.5 Å². The molecule has 0 radical (unpaired) electrons. The normalized spacial score (nSPS) is 17.0. The van der Waals surface area contributed by atoms with Crippen LogP contribution in [0.25, 0.3) is 55.3 Å². The first-order chi connectivity index (χ1) is 27.4. The molecule has 2 aliphatic carbocycles. The summed E-state index contributed by atoms with van der Waals surface area (Å²) in [5.41, 5.74) is 23.2. The van der Waals surface area contributed by atoms with Gasteiger partial charge in [-0.15, -0.1) is 0 Å². The molecule has 56 heavy (non-hydrogen) atoms. The molecule has 0 spiro atoms.